The fraction of sp³-hybridized carbons (Fsp3) is 0.571. The number of carboxylic acids is 4. The predicted octanol–water partition coefficient (Wildman–Crippen LogP) is 12.7. The molecular formula is C77H107N5O17S5. The van der Waals surface area contributed by atoms with E-state index in [1.807, 2.05) is 78.9 Å². The predicted molar refractivity (Wildman–Crippen MR) is 413 cm³/mol. The summed E-state index contributed by atoms with van der Waals surface area (Å²) in [7, 11) is 0. The molecule has 22 nitrogen and oxygen atoms in total. The van der Waals surface area contributed by atoms with Gasteiger partial charge in [-0.15, -0.1) is 0 Å². The Balaban J connectivity index is 0.000000294. The molecule has 0 saturated carbocycles. The lowest BCUT2D eigenvalue weighted by atomic mass is 10.0. The number of thioether (sulfide) groups is 4. The van der Waals surface area contributed by atoms with Crippen molar-refractivity contribution in [2.75, 3.05) is 72.2 Å². The Morgan fingerprint density at radius 3 is 1.18 bits per heavy atom. The molecule has 4 saturated heterocycles. The maximum absolute atomic E-state index is 12.3. The molecule has 4 aliphatic heterocycles. The van der Waals surface area contributed by atoms with Crippen molar-refractivity contribution < 1.29 is 82.4 Å². The maximum atomic E-state index is 12.3. The number of hydrogen-bond acceptors (Lipinski definition) is 19. The van der Waals surface area contributed by atoms with Crippen molar-refractivity contribution in [2.24, 2.45) is 0 Å². The third-order valence-corrected chi connectivity index (χ3v) is 22.0. The number of likely N-dealkylation sites (tertiary alicyclic amines) is 4. The number of pyridine rings is 1. The molecule has 3 aromatic heterocycles. The van der Waals surface area contributed by atoms with Gasteiger partial charge in [-0.05, 0) is 177 Å². The number of carbonyl (C=O) groups is 12. The highest BCUT2D eigenvalue weighted by Gasteiger charge is 2.30. The van der Waals surface area contributed by atoms with Gasteiger partial charge in [-0.2, -0.15) is 58.4 Å². The third-order valence-electron chi connectivity index (χ3n) is 17.1. The minimum absolute atomic E-state index is 0.0118. The van der Waals surface area contributed by atoms with Crippen molar-refractivity contribution in [1.29, 1.82) is 0 Å². The second-order valence-electron chi connectivity index (χ2n) is 25.4. The van der Waals surface area contributed by atoms with Crippen LogP contribution in [0, 0.1) is 0 Å². The standard InChI is InChI=1S/C20H26N2O4S.C19H25NO5S.C19H25NO4S2.C19H31NO4S/c23-18(15-16-5-1-2-11-21-16)10-9-17-6-3-7-19(24)22(17)12-14-27-13-4-8-20(25)26;21-16(14-17-5-2-11-25-17)9-8-15-4-1-6-18(22)20(15)10-13-26-12-3-7-19(23)24;21-17(13-15-8-11-26-14-15)7-6-16-3-1-4-18(22)20(16)9-12-25-10-2-5-19(23)24;1-2-3-4-8-17(21)12-11-16-7-5-9-18(22)20(16)13-15-25-14-6-10-19(23)24/h1-2,5,9-11,17H,3-4,6-8,12-15H2,(H,25,26);2,5,8-9,11,15H,1,3-4,6-7,10,12-14H2,(H,23,24);6-8,11,14,16H,1-5,9-10,12-13H2,(H,23,24);11-12,16H,2-10,13-15H2,1H3,(H,23,24)/t17-;15-;2*16-/m1111/s1. The Bertz CT molecular complexity index is 3110. The number of furan rings is 1. The number of allylic oxidation sites excluding steroid dienone is 4. The number of piperidine rings is 4. The molecular weight excluding hydrogens is 1430 g/mol. The van der Waals surface area contributed by atoms with E-state index in [4.69, 9.17) is 24.8 Å². The van der Waals surface area contributed by atoms with E-state index in [2.05, 4.69) is 11.9 Å². The Labute approximate surface area is 633 Å². The number of nitrogens with zero attached hydrogens (tertiary/aromatic N) is 5. The molecule has 4 fully saturated rings. The largest absolute Gasteiger partial charge is 0.481 e. The van der Waals surface area contributed by atoms with E-state index in [1.54, 1.807) is 107 Å². The molecule has 4 N–H and O–H groups in total. The first kappa shape index (κ1) is 89.3. The average molecular weight is 1540 g/mol. The Morgan fingerprint density at radius 2 is 0.846 bits per heavy atom. The lowest BCUT2D eigenvalue weighted by Crippen LogP contribution is -2.43. The molecule has 7 heterocycles. The van der Waals surface area contributed by atoms with Gasteiger partial charge in [0.15, 0.2) is 23.1 Å². The van der Waals surface area contributed by atoms with E-state index in [0.717, 1.165) is 128 Å². The van der Waals surface area contributed by atoms with Gasteiger partial charge in [-0.25, -0.2) is 0 Å². The topological polar surface area (TPSA) is 325 Å². The van der Waals surface area contributed by atoms with Crippen LogP contribution in [0.4, 0.5) is 0 Å². The molecule has 0 aromatic carbocycles. The number of aromatic nitrogens is 1. The van der Waals surface area contributed by atoms with Crippen LogP contribution in [0.25, 0.3) is 0 Å². The molecule has 4 amide bonds. The summed E-state index contributed by atoms with van der Waals surface area (Å²) in [5, 5.41) is 38.4. The number of thiophene rings is 1. The minimum Gasteiger partial charge on any atom is -0.481 e. The first-order chi connectivity index (χ1) is 50.2. The zero-order valence-corrected chi connectivity index (χ0v) is 64.2. The number of carboxylic acid groups (broad SMARTS) is 4. The summed E-state index contributed by atoms with van der Waals surface area (Å²) < 4.78 is 5.18. The number of ketones is 4. The normalized spacial score (nSPS) is 17.7. The van der Waals surface area contributed by atoms with Gasteiger partial charge in [0.25, 0.3) is 0 Å². The summed E-state index contributed by atoms with van der Waals surface area (Å²) in [5.74, 6) is 4.52. The lowest BCUT2D eigenvalue weighted by molar-refractivity contribution is -0.138. The van der Waals surface area contributed by atoms with Crippen molar-refractivity contribution >= 4 is 129 Å². The van der Waals surface area contributed by atoms with Gasteiger partial charge < -0.3 is 44.4 Å². The van der Waals surface area contributed by atoms with Gasteiger partial charge in [-0.1, -0.05) is 50.1 Å². The zero-order valence-electron chi connectivity index (χ0n) is 60.2. The Kier molecular flexibility index (Phi) is 46.8. The molecule has 0 unspecified atom stereocenters. The second-order valence-corrected chi connectivity index (χ2v) is 31.1. The summed E-state index contributed by atoms with van der Waals surface area (Å²) in [5.41, 5.74) is 1.76. The fourth-order valence-corrected chi connectivity index (χ4v) is 15.8. The molecule has 3 aromatic rings. The number of carbonyl (C=O) groups excluding carboxylic acids is 8. The molecule has 4 atom stereocenters. The molecule has 0 spiro atoms. The summed E-state index contributed by atoms with van der Waals surface area (Å²) >= 11 is 8.26. The zero-order chi connectivity index (χ0) is 75.5. The van der Waals surface area contributed by atoms with Crippen LogP contribution >= 0.6 is 58.4 Å². The van der Waals surface area contributed by atoms with Gasteiger partial charge in [-0.3, -0.25) is 62.5 Å². The number of aliphatic carboxylic acids is 4. The smallest absolute Gasteiger partial charge is 0.303 e. The van der Waals surface area contributed by atoms with Gasteiger partial charge in [0.05, 0.1) is 43.3 Å². The van der Waals surface area contributed by atoms with E-state index in [-0.39, 0.29) is 109 Å². The van der Waals surface area contributed by atoms with Crippen molar-refractivity contribution in [2.45, 2.75) is 204 Å². The summed E-state index contributed by atoms with van der Waals surface area (Å²) in [6.07, 6.45) is 34.2. The second kappa shape index (κ2) is 54.5. The van der Waals surface area contributed by atoms with Crippen LogP contribution in [0.1, 0.15) is 178 Å². The summed E-state index contributed by atoms with van der Waals surface area (Å²) in [6.45, 7) is 4.67. The fourth-order valence-electron chi connectivity index (χ4n) is 11.7. The van der Waals surface area contributed by atoms with E-state index in [0.29, 0.717) is 96.1 Å². The van der Waals surface area contributed by atoms with Crippen LogP contribution in [-0.4, -0.2) is 212 Å². The third kappa shape index (κ3) is 40.4. The molecule has 27 heteroatoms. The van der Waals surface area contributed by atoms with Crippen molar-refractivity contribution in [3.8, 4) is 0 Å². The molecule has 104 heavy (non-hydrogen) atoms. The molecule has 0 bridgehead atoms. The average Bonchev–Trinajstić information content (AvgIpc) is 1.04. The highest BCUT2D eigenvalue weighted by Crippen LogP contribution is 2.25. The lowest BCUT2D eigenvalue weighted by Gasteiger charge is -2.34. The minimum atomic E-state index is -0.777. The maximum Gasteiger partial charge on any atom is 0.303 e. The van der Waals surface area contributed by atoms with E-state index in [9.17, 15) is 57.5 Å². The number of rotatable bonds is 46. The SMILES string of the molecule is CCCCCC(=O)C=C[C@H]1CCCC(=O)N1CCSCCCC(=O)O.O=C(O)CCCSCCN1C(=O)CCC[C@@H]1C=CC(=O)Cc1ccccn1.O=C(O)CCCSCCN1C(=O)CCC[C@@H]1C=CC(=O)Cc1ccco1.O=C(O)CCCSCCN1C(=O)CCC[C@@H]1C=CC(=O)Cc1ccsc1. The van der Waals surface area contributed by atoms with Crippen LogP contribution in [0.15, 0.2) is 113 Å². The number of unbranched alkanes of at least 4 members (excludes halogenated alkanes) is 2. The first-order valence-corrected chi connectivity index (χ1v) is 41.9. The van der Waals surface area contributed by atoms with Crippen LogP contribution in [-0.2, 0) is 76.8 Å². The van der Waals surface area contributed by atoms with E-state index >= 15 is 0 Å². The van der Waals surface area contributed by atoms with Crippen LogP contribution in [0.5, 0.6) is 0 Å². The Hall–Kier alpha value is -7.07. The quantitative estimate of drug-likeness (QED) is 0.0301. The van der Waals surface area contributed by atoms with Crippen molar-refractivity contribution in [1.82, 2.24) is 24.6 Å². The summed E-state index contributed by atoms with van der Waals surface area (Å²) in [6, 6.07) is 10.9. The van der Waals surface area contributed by atoms with Gasteiger partial charge in [0.2, 0.25) is 23.6 Å². The van der Waals surface area contributed by atoms with E-state index in [1.165, 1.54) is 0 Å². The highest BCUT2D eigenvalue weighted by atomic mass is 32.2. The van der Waals surface area contributed by atoms with Crippen LogP contribution < -0.4 is 0 Å². The van der Waals surface area contributed by atoms with Crippen LogP contribution in [0.2, 0.25) is 0 Å². The Morgan fingerprint density at radius 1 is 0.462 bits per heavy atom. The molecule has 0 aliphatic carbocycles. The first-order valence-electron chi connectivity index (χ1n) is 36.4. The molecule has 0 radical (unpaired) electrons. The van der Waals surface area contributed by atoms with Gasteiger partial charge in [0.1, 0.15) is 5.76 Å². The molecule has 7 rings (SSSR count). The molecule has 572 valence electrons. The van der Waals surface area contributed by atoms with Gasteiger partial charge >= 0.3 is 23.9 Å². The van der Waals surface area contributed by atoms with Crippen molar-refractivity contribution in [3.63, 3.8) is 0 Å². The number of amides is 4. The molecule has 4 aliphatic rings. The van der Waals surface area contributed by atoms with E-state index < -0.39 is 23.9 Å². The summed E-state index contributed by atoms with van der Waals surface area (Å²) in [4.78, 5) is 151. The monoisotopic (exact) mass is 1530 g/mol. The highest BCUT2D eigenvalue weighted by molar-refractivity contribution is 7.99. The van der Waals surface area contributed by atoms with Gasteiger partial charge in [0, 0.05) is 125 Å². The number of hydrogen-bond donors (Lipinski definition) is 4. The van der Waals surface area contributed by atoms with Crippen LogP contribution in [0.3, 0.4) is 0 Å². The van der Waals surface area contributed by atoms with Crippen molar-refractivity contribution in [3.05, 3.63) is 125 Å².